The molecule has 20 heavy (non-hydrogen) atoms. The molecule has 1 aromatic heterocycles. The van der Waals surface area contributed by atoms with E-state index in [2.05, 4.69) is 22.3 Å². The average molecular weight is 299 g/mol. The monoisotopic (exact) mass is 299 g/mol. The van der Waals surface area contributed by atoms with E-state index < -0.39 is 9.84 Å². The summed E-state index contributed by atoms with van der Waals surface area (Å²) < 4.78 is 23.3. The summed E-state index contributed by atoms with van der Waals surface area (Å²) in [6.45, 7) is 4.41. The molecule has 7 nitrogen and oxygen atoms in total. The number of nitrogen functional groups attached to an aromatic ring is 1. The third-order valence-electron chi connectivity index (χ3n) is 3.35. The second-order valence-electron chi connectivity index (χ2n) is 5.08. The van der Waals surface area contributed by atoms with Gasteiger partial charge in [-0.1, -0.05) is 6.92 Å². The van der Waals surface area contributed by atoms with E-state index in [-0.39, 0.29) is 17.5 Å². The lowest BCUT2D eigenvalue weighted by Gasteiger charge is -2.34. The average Bonchev–Trinajstić information content (AvgIpc) is 2.37. The number of nitrogens with one attached hydrogen (secondary N) is 1. The van der Waals surface area contributed by atoms with E-state index in [9.17, 15) is 8.42 Å². The normalized spacial score (nSPS) is 21.8. The van der Waals surface area contributed by atoms with Gasteiger partial charge in [0.1, 0.15) is 17.5 Å². The Morgan fingerprint density at radius 1 is 1.50 bits per heavy atom. The number of anilines is 2. The lowest BCUT2D eigenvalue weighted by molar-refractivity contribution is 0.566. The second kappa shape index (κ2) is 5.92. The summed E-state index contributed by atoms with van der Waals surface area (Å²) in [5.41, 5.74) is 2.54. The zero-order valence-corrected chi connectivity index (χ0v) is 12.7. The number of hydrazine groups is 1. The Morgan fingerprint density at radius 2 is 2.25 bits per heavy atom. The molecule has 2 heterocycles. The standard InChI is InChI=1S/C12H21N5O2S/c1-3-4-10-14-11(16-13)7-12(15-10)17-5-6-20(18,19)8-9(17)2/h7,9H,3-6,8,13H2,1-2H3,(H,14,15,16). The van der Waals surface area contributed by atoms with Crippen LogP contribution >= 0.6 is 0 Å². The van der Waals surface area contributed by atoms with E-state index in [1.54, 1.807) is 6.07 Å². The molecule has 0 bridgehead atoms. The Labute approximate surface area is 119 Å². The van der Waals surface area contributed by atoms with Crippen LogP contribution in [0.3, 0.4) is 0 Å². The van der Waals surface area contributed by atoms with Crippen molar-refractivity contribution in [2.24, 2.45) is 5.84 Å². The van der Waals surface area contributed by atoms with Crippen LogP contribution in [0, 0.1) is 0 Å². The summed E-state index contributed by atoms with van der Waals surface area (Å²) in [5, 5.41) is 0. The molecule has 0 aliphatic carbocycles. The number of rotatable bonds is 4. The highest BCUT2D eigenvalue weighted by Gasteiger charge is 2.29. The Morgan fingerprint density at radius 3 is 2.85 bits per heavy atom. The number of hydrogen-bond acceptors (Lipinski definition) is 7. The Bertz CT molecular complexity index is 575. The molecule has 1 unspecified atom stereocenters. The minimum absolute atomic E-state index is 0.0937. The van der Waals surface area contributed by atoms with Crippen LogP contribution in [0.4, 0.5) is 11.6 Å². The first-order chi connectivity index (χ1) is 9.45. The summed E-state index contributed by atoms with van der Waals surface area (Å²) in [7, 11) is -2.93. The van der Waals surface area contributed by atoms with Crippen molar-refractivity contribution < 1.29 is 8.42 Å². The van der Waals surface area contributed by atoms with Gasteiger partial charge in [-0.15, -0.1) is 0 Å². The Balaban J connectivity index is 2.29. The molecule has 1 aliphatic heterocycles. The van der Waals surface area contributed by atoms with Gasteiger partial charge in [0.2, 0.25) is 0 Å². The van der Waals surface area contributed by atoms with Crippen molar-refractivity contribution in [2.75, 3.05) is 28.4 Å². The van der Waals surface area contributed by atoms with Crippen LogP contribution in [0.1, 0.15) is 26.1 Å². The highest BCUT2D eigenvalue weighted by molar-refractivity contribution is 7.91. The topological polar surface area (TPSA) is 101 Å². The molecule has 1 saturated heterocycles. The Hall–Kier alpha value is -1.41. The molecule has 0 spiro atoms. The van der Waals surface area contributed by atoms with Crippen molar-refractivity contribution in [3.8, 4) is 0 Å². The lowest BCUT2D eigenvalue weighted by Crippen LogP contribution is -2.47. The van der Waals surface area contributed by atoms with Crippen molar-refractivity contribution >= 4 is 21.5 Å². The van der Waals surface area contributed by atoms with Crippen LogP contribution in [-0.2, 0) is 16.3 Å². The molecule has 1 aliphatic rings. The largest absolute Gasteiger partial charge is 0.352 e. The first kappa shape index (κ1) is 15.0. The van der Waals surface area contributed by atoms with Gasteiger partial charge in [0.15, 0.2) is 9.84 Å². The predicted molar refractivity (Wildman–Crippen MR) is 79.3 cm³/mol. The maximum Gasteiger partial charge on any atom is 0.154 e. The van der Waals surface area contributed by atoms with E-state index in [1.165, 1.54) is 0 Å². The van der Waals surface area contributed by atoms with Crippen LogP contribution in [0.25, 0.3) is 0 Å². The number of nitrogens with two attached hydrogens (primary N) is 1. The number of nitrogens with zero attached hydrogens (tertiary/aromatic N) is 3. The second-order valence-corrected chi connectivity index (χ2v) is 7.31. The van der Waals surface area contributed by atoms with Crippen molar-refractivity contribution in [1.29, 1.82) is 0 Å². The number of aryl methyl sites for hydroxylation is 1. The SMILES string of the molecule is CCCc1nc(NN)cc(N2CCS(=O)(=O)CC2C)n1. The fraction of sp³-hybridized carbons (Fsp3) is 0.667. The fourth-order valence-electron chi connectivity index (χ4n) is 2.38. The smallest absolute Gasteiger partial charge is 0.154 e. The zero-order chi connectivity index (χ0) is 14.8. The molecule has 112 valence electrons. The highest BCUT2D eigenvalue weighted by atomic mass is 32.2. The van der Waals surface area contributed by atoms with Gasteiger partial charge >= 0.3 is 0 Å². The van der Waals surface area contributed by atoms with E-state index >= 15 is 0 Å². The first-order valence-electron chi connectivity index (χ1n) is 6.77. The third kappa shape index (κ3) is 3.37. The summed E-state index contributed by atoms with van der Waals surface area (Å²) in [6.07, 6.45) is 1.71. The van der Waals surface area contributed by atoms with Gasteiger partial charge in [-0.2, -0.15) is 0 Å². The molecule has 0 radical (unpaired) electrons. The highest BCUT2D eigenvalue weighted by Crippen LogP contribution is 2.22. The summed E-state index contributed by atoms with van der Waals surface area (Å²) >= 11 is 0. The van der Waals surface area contributed by atoms with Gasteiger partial charge in [0.25, 0.3) is 0 Å². The minimum Gasteiger partial charge on any atom is -0.352 e. The Kier molecular flexibility index (Phi) is 4.44. The minimum atomic E-state index is -2.93. The maximum absolute atomic E-state index is 11.6. The number of sulfone groups is 1. The zero-order valence-electron chi connectivity index (χ0n) is 11.8. The molecule has 0 saturated carbocycles. The van der Waals surface area contributed by atoms with Crippen molar-refractivity contribution in [3.05, 3.63) is 11.9 Å². The van der Waals surface area contributed by atoms with Gasteiger partial charge in [-0.05, 0) is 13.3 Å². The van der Waals surface area contributed by atoms with Crippen LogP contribution < -0.4 is 16.2 Å². The van der Waals surface area contributed by atoms with Crippen LogP contribution in [0.5, 0.6) is 0 Å². The maximum atomic E-state index is 11.6. The molecule has 3 N–H and O–H groups in total. The number of hydrogen-bond donors (Lipinski definition) is 2. The van der Waals surface area contributed by atoms with Gasteiger partial charge in [-0.25, -0.2) is 24.2 Å². The number of aromatic nitrogens is 2. The quantitative estimate of drug-likeness (QED) is 0.610. The van der Waals surface area contributed by atoms with Crippen molar-refractivity contribution in [1.82, 2.24) is 9.97 Å². The van der Waals surface area contributed by atoms with Gasteiger partial charge in [0, 0.05) is 25.1 Å². The van der Waals surface area contributed by atoms with Crippen molar-refractivity contribution in [2.45, 2.75) is 32.7 Å². The fourth-order valence-corrected chi connectivity index (χ4v) is 3.94. The van der Waals surface area contributed by atoms with Gasteiger partial charge in [-0.3, -0.25) is 0 Å². The predicted octanol–water partition coefficient (Wildman–Crippen LogP) is 0.338. The van der Waals surface area contributed by atoms with Gasteiger partial charge in [0.05, 0.1) is 11.5 Å². The van der Waals surface area contributed by atoms with E-state index in [0.29, 0.717) is 12.4 Å². The van der Waals surface area contributed by atoms with Crippen LogP contribution in [0.2, 0.25) is 0 Å². The molecular formula is C12H21N5O2S. The molecule has 2 rings (SSSR count). The molecule has 1 atom stereocenters. The summed E-state index contributed by atoms with van der Waals surface area (Å²) in [4.78, 5) is 10.8. The molecule has 0 amide bonds. The molecular weight excluding hydrogens is 278 g/mol. The molecule has 1 aromatic rings. The van der Waals surface area contributed by atoms with Crippen molar-refractivity contribution in [3.63, 3.8) is 0 Å². The first-order valence-corrected chi connectivity index (χ1v) is 8.59. The van der Waals surface area contributed by atoms with E-state index in [4.69, 9.17) is 5.84 Å². The summed E-state index contributed by atoms with van der Waals surface area (Å²) in [6, 6.07) is 1.66. The van der Waals surface area contributed by atoms with Crippen LogP contribution in [0.15, 0.2) is 6.07 Å². The molecule has 0 aromatic carbocycles. The van der Waals surface area contributed by atoms with E-state index in [1.807, 2.05) is 11.8 Å². The van der Waals surface area contributed by atoms with Crippen LogP contribution in [-0.4, -0.2) is 42.5 Å². The molecule has 1 fully saturated rings. The summed E-state index contributed by atoms with van der Waals surface area (Å²) in [5.74, 6) is 7.77. The third-order valence-corrected chi connectivity index (χ3v) is 5.14. The van der Waals surface area contributed by atoms with Gasteiger partial charge < -0.3 is 10.3 Å². The van der Waals surface area contributed by atoms with E-state index in [0.717, 1.165) is 24.5 Å². The lowest BCUT2D eigenvalue weighted by atomic mass is 10.3. The molecule has 8 heteroatoms.